The molecule has 45 heavy (non-hydrogen) atoms. The van der Waals surface area contributed by atoms with Crippen molar-refractivity contribution in [2.45, 2.75) is 42.4 Å². The first kappa shape index (κ1) is 26.4. The van der Waals surface area contributed by atoms with Crippen molar-refractivity contribution in [2.75, 3.05) is 50.0 Å². The molecular formula is C33H30ClF3N6O2. The van der Waals surface area contributed by atoms with Gasteiger partial charge in [-0.1, -0.05) is 12.0 Å². The number of fused-ring (bicyclic) bond motifs is 4. The van der Waals surface area contributed by atoms with Crippen LogP contribution >= 0.6 is 11.6 Å². The summed E-state index contributed by atoms with van der Waals surface area (Å²) in [6, 6.07) is 4.80. The van der Waals surface area contributed by atoms with Crippen LogP contribution in [0.1, 0.15) is 27.6 Å². The lowest BCUT2D eigenvalue weighted by molar-refractivity contribution is 0.108. The van der Waals surface area contributed by atoms with Crippen molar-refractivity contribution >= 4 is 44.8 Å². The number of pyridine rings is 1. The van der Waals surface area contributed by atoms with Crippen molar-refractivity contribution in [3.05, 3.63) is 47.7 Å². The monoisotopic (exact) mass is 636 g/mol. The van der Waals surface area contributed by atoms with E-state index in [2.05, 4.69) is 20.9 Å². The first-order chi connectivity index (χ1) is 22.5. The zero-order valence-corrected chi connectivity index (χ0v) is 24.8. The molecular weight excluding hydrogens is 605 g/mol. The summed E-state index contributed by atoms with van der Waals surface area (Å²) >= 11 is 6.50. The lowest BCUT2D eigenvalue weighted by Gasteiger charge is -2.31. The average molecular weight is 637 g/mol. The number of ether oxygens (including phenoxy) is 2. The second kappa shape index (κ2) is 10.6. The van der Waals surface area contributed by atoms with Gasteiger partial charge in [0.25, 0.3) is 0 Å². The average Bonchev–Trinajstić information content (AvgIpc) is 3.39. The Balaban J connectivity index is 1.32. The Labute approximate surface area is 265 Å². The largest absolute Gasteiger partial charge is 0.461 e. The number of rotatable bonds is 5. The molecule has 0 radical (unpaired) electrons. The van der Waals surface area contributed by atoms with Gasteiger partial charge in [0.05, 0.1) is 38.5 Å². The number of aromatic nitrogens is 3. The highest BCUT2D eigenvalue weighted by Crippen LogP contribution is 2.46. The van der Waals surface area contributed by atoms with Crippen LogP contribution in [0, 0.1) is 29.9 Å². The molecule has 4 aromatic rings. The maximum atomic E-state index is 16.9. The van der Waals surface area contributed by atoms with E-state index in [0.717, 1.165) is 6.42 Å². The number of benzene rings is 2. The number of nitrogens with zero attached hydrogens (tertiary/aromatic N) is 5. The van der Waals surface area contributed by atoms with Gasteiger partial charge in [0.15, 0.2) is 5.82 Å². The van der Waals surface area contributed by atoms with Crippen molar-refractivity contribution in [1.82, 2.24) is 19.9 Å². The Morgan fingerprint density at radius 3 is 2.98 bits per heavy atom. The maximum absolute atomic E-state index is 16.9. The molecule has 232 valence electrons. The molecule has 0 unspecified atom stereocenters. The first-order valence-corrected chi connectivity index (χ1v) is 15.4. The number of nitrogen functional groups attached to an aromatic ring is 1. The molecule has 0 bridgehead atoms. The zero-order valence-electron chi connectivity index (χ0n) is 26.1. The van der Waals surface area contributed by atoms with E-state index in [-0.39, 0.29) is 69.8 Å². The van der Waals surface area contributed by atoms with E-state index >= 15 is 4.39 Å². The summed E-state index contributed by atoms with van der Waals surface area (Å²) in [5.74, 6) is 0.541. The lowest BCUT2D eigenvalue weighted by Crippen LogP contribution is -2.43. The fourth-order valence-corrected chi connectivity index (χ4v) is 7.77. The van der Waals surface area contributed by atoms with Crippen LogP contribution in [-0.2, 0) is 4.74 Å². The molecule has 5 atom stereocenters. The molecule has 2 aromatic carbocycles. The Morgan fingerprint density at radius 2 is 2.13 bits per heavy atom. The molecule has 1 saturated carbocycles. The van der Waals surface area contributed by atoms with Crippen LogP contribution in [0.2, 0.25) is 0 Å². The molecule has 0 spiro atoms. The van der Waals surface area contributed by atoms with E-state index in [4.69, 9.17) is 36.0 Å². The van der Waals surface area contributed by atoms with Crippen LogP contribution in [0.15, 0.2) is 30.5 Å². The predicted molar refractivity (Wildman–Crippen MR) is 166 cm³/mol. The highest BCUT2D eigenvalue weighted by atomic mass is 35.5. The molecule has 1 aliphatic carbocycles. The molecule has 2 N–H and O–H groups in total. The number of alkyl halides is 2. The topological polar surface area (TPSA) is 89.6 Å². The van der Waals surface area contributed by atoms with Crippen molar-refractivity contribution < 1.29 is 25.4 Å². The van der Waals surface area contributed by atoms with Gasteiger partial charge < -0.3 is 20.1 Å². The molecule has 5 heterocycles. The first-order valence-electron chi connectivity index (χ1n) is 15.9. The summed E-state index contributed by atoms with van der Waals surface area (Å²) in [5, 5.41) is 0.642. The van der Waals surface area contributed by atoms with Crippen LogP contribution in [0.3, 0.4) is 0 Å². The summed E-state index contributed by atoms with van der Waals surface area (Å²) in [6.07, 6.45) is 7.51. The third-order valence-corrected chi connectivity index (χ3v) is 9.81. The van der Waals surface area contributed by atoms with Crippen LogP contribution in [-0.4, -0.2) is 82.4 Å². The van der Waals surface area contributed by atoms with Gasteiger partial charge in [-0.15, -0.1) is 18.0 Å². The maximum Gasteiger partial charge on any atom is 0.319 e. The Kier molecular flexibility index (Phi) is 6.22. The minimum absolute atomic E-state index is 0.0766. The SMILES string of the molecule is [2H]C([2H])(Oc1nc(N2CCOC[C@H]3[C@H](F)[C@H]32)c2cnc(-c3cc(N)cc4ccc(F)c(C#C)c34)c(F)c2n1)[C@@]12CCCN1C[C@H](Cl)C2. The van der Waals surface area contributed by atoms with Gasteiger partial charge in [-0.05, 0) is 49.4 Å². The highest BCUT2D eigenvalue weighted by molar-refractivity contribution is 6.21. The van der Waals surface area contributed by atoms with Crippen molar-refractivity contribution in [3.63, 3.8) is 0 Å². The van der Waals surface area contributed by atoms with E-state index in [1.165, 1.54) is 24.4 Å². The summed E-state index contributed by atoms with van der Waals surface area (Å²) in [5.41, 5.74) is 5.07. The van der Waals surface area contributed by atoms with Gasteiger partial charge in [-0.2, -0.15) is 9.97 Å². The van der Waals surface area contributed by atoms with Crippen LogP contribution in [0.4, 0.5) is 24.7 Å². The molecule has 4 fully saturated rings. The van der Waals surface area contributed by atoms with Crippen molar-refractivity contribution in [1.29, 1.82) is 0 Å². The smallest absolute Gasteiger partial charge is 0.319 e. The van der Waals surface area contributed by atoms with Crippen LogP contribution in [0.5, 0.6) is 6.01 Å². The van der Waals surface area contributed by atoms with Crippen LogP contribution < -0.4 is 15.4 Å². The van der Waals surface area contributed by atoms with E-state index in [1.54, 1.807) is 11.0 Å². The van der Waals surface area contributed by atoms with Crippen molar-refractivity contribution in [2.24, 2.45) is 5.92 Å². The third kappa shape index (κ3) is 4.56. The van der Waals surface area contributed by atoms with Gasteiger partial charge in [-0.25, -0.2) is 13.2 Å². The Hall–Kier alpha value is -3.85. The quantitative estimate of drug-likeness (QED) is 0.184. The molecule has 0 amide bonds. The summed E-state index contributed by atoms with van der Waals surface area (Å²) < 4.78 is 76.6. The molecule has 8 nitrogen and oxygen atoms in total. The summed E-state index contributed by atoms with van der Waals surface area (Å²) in [7, 11) is 0. The van der Waals surface area contributed by atoms with Gasteiger partial charge >= 0.3 is 6.01 Å². The molecule has 3 aliphatic heterocycles. The molecule has 4 aliphatic rings. The van der Waals surface area contributed by atoms with Gasteiger partial charge in [0, 0.05) is 47.2 Å². The number of hydrogen-bond acceptors (Lipinski definition) is 8. The van der Waals surface area contributed by atoms with Crippen molar-refractivity contribution in [3.8, 4) is 29.6 Å². The fourth-order valence-electron chi connectivity index (χ4n) is 7.35. The number of halogens is 4. The molecule has 8 rings (SSSR count). The fraction of sp³-hybridized carbons (Fsp3) is 0.424. The Morgan fingerprint density at radius 1 is 1.27 bits per heavy atom. The second-order valence-electron chi connectivity index (χ2n) is 12.2. The molecule has 3 saturated heterocycles. The predicted octanol–water partition coefficient (Wildman–Crippen LogP) is 5.08. The second-order valence-corrected chi connectivity index (χ2v) is 12.8. The van der Waals surface area contributed by atoms with E-state index in [9.17, 15) is 8.78 Å². The number of terminal acetylenes is 1. The standard InChI is InChI=1S/C33H30ClF3N6O2/c1-2-20-24(35)5-4-17-10-19(38)11-21(25(17)20)28-27(37)29-22(13-39-28)31(43-8-9-44-15-23-26(36)30(23)43)41-32(40-29)45-16-33-6-3-7-42(33)14-18(34)12-33/h1,4-5,10-11,13,18,23,26,30H,3,6-9,12,14-16,38H2/t18-,23+,26+,30+,33+/m1/s1/i16D2. The molecule has 12 heteroatoms. The highest BCUT2D eigenvalue weighted by Gasteiger charge is 2.56. The van der Waals surface area contributed by atoms with Gasteiger partial charge in [0.1, 0.15) is 35.6 Å². The lowest BCUT2D eigenvalue weighted by atomic mass is 9.95. The third-order valence-electron chi connectivity index (χ3n) is 9.52. The van der Waals surface area contributed by atoms with Crippen LogP contribution in [0.25, 0.3) is 32.9 Å². The number of hydrogen-bond donors (Lipinski definition) is 1. The summed E-state index contributed by atoms with van der Waals surface area (Å²) in [4.78, 5) is 17.1. The summed E-state index contributed by atoms with van der Waals surface area (Å²) in [6.45, 7) is -0.354. The zero-order chi connectivity index (χ0) is 32.8. The minimum atomic E-state index is -2.31. The van der Waals surface area contributed by atoms with Gasteiger partial charge in [-0.3, -0.25) is 9.88 Å². The molecule has 2 aromatic heterocycles. The number of nitrogens with two attached hydrogens (primary N) is 1. The Bertz CT molecular complexity index is 2000. The number of anilines is 2. The normalized spacial score (nSPS) is 28.7. The van der Waals surface area contributed by atoms with E-state index < -0.39 is 47.9 Å². The van der Waals surface area contributed by atoms with Gasteiger partial charge in [0.2, 0.25) is 0 Å². The van der Waals surface area contributed by atoms with E-state index in [1.807, 2.05) is 4.90 Å². The van der Waals surface area contributed by atoms with E-state index in [0.29, 0.717) is 31.3 Å². The minimum Gasteiger partial charge on any atom is -0.461 e.